The summed E-state index contributed by atoms with van der Waals surface area (Å²) >= 11 is 7.33. The number of hydrogen-bond acceptors (Lipinski definition) is 2. The van der Waals surface area contributed by atoms with Crippen LogP contribution in [0.15, 0.2) is 0 Å². The first-order chi connectivity index (χ1) is 1.00. The number of rotatable bonds is 0. The normalized spacial score (nSPS) is 1.00. The second kappa shape index (κ2) is 25.7. The molecule has 0 radical (unpaired) electrons. The topological polar surface area (TPSA) is 0 Å². The fourth-order valence-corrected chi connectivity index (χ4v) is 0. The molecule has 0 amide bonds. The Bertz CT molecular complexity index is 6.00. The molecule has 28 valence electrons. The van der Waals surface area contributed by atoms with Crippen LogP contribution in [0.25, 0.3) is 0 Å². The summed E-state index contributed by atoms with van der Waals surface area (Å²) in [7, 11) is 0. The predicted octanol–water partition coefficient (Wildman–Crippen LogP) is -1.40. The predicted molar refractivity (Wildman–Crippen MR) is 37.2 cm³/mol. The standard InChI is InChI=1S/GeH4.H3P.S2/c;;1-2/h1H4;1H3;. The summed E-state index contributed by atoms with van der Waals surface area (Å²) in [6, 6.07) is 0. The van der Waals surface area contributed by atoms with Crippen LogP contribution in [0.4, 0.5) is 0 Å². The van der Waals surface area contributed by atoms with Gasteiger partial charge < -0.3 is 0 Å². The average molecular weight is 175 g/mol. The summed E-state index contributed by atoms with van der Waals surface area (Å²) in [6.07, 6.45) is 0. The molecule has 0 fully saturated rings. The van der Waals surface area contributed by atoms with E-state index in [0.29, 0.717) is 0 Å². The molecular weight excluding hydrogens is 168 g/mol. The minimum absolute atomic E-state index is 0. The van der Waals surface area contributed by atoms with Crippen molar-refractivity contribution in [2.24, 2.45) is 0 Å². The van der Waals surface area contributed by atoms with Crippen molar-refractivity contribution in [2.45, 2.75) is 0 Å². The van der Waals surface area contributed by atoms with Crippen LogP contribution in [0.3, 0.4) is 0 Å². The molecule has 4 heavy (non-hydrogen) atoms. The molecule has 0 nitrogen and oxygen atoms in total. The molecule has 0 spiro atoms. The van der Waals surface area contributed by atoms with Crippen LogP contribution in [0.5, 0.6) is 0 Å². The van der Waals surface area contributed by atoms with E-state index in [-0.39, 0.29) is 27.5 Å². The van der Waals surface area contributed by atoms with Crippen molar-refractivity contribution in [3.8, 4) is 0 Å². The van der Waals surface area contributed by atoms with Gasteiger partial charge in [-0.3, -0.25) is 0 Å². The second-order valence-electron chi connectivity index (χ2n) is 0. The van der Waals surface area contributed by atoms with E-state index in [1.54, 1.807) is 0 Å². The molecule has 1 atom stereocenters. The molecule has 0 aliphatic carbocycles. The van der Waals surface area contributed by atoms with Gasteiger partial charge in [-0.25, -0.2) is 0 Å². The van der Waals surface area contributed by atoms with Crippen LogP contribution in [-0.2, 0) is 22.4 Å². The zero-order chi connectivity index (χ0) is 2.00. The Kier molecular flexibility index (Phi) is 117. The average Bonchev–Trinajstić information content (AvgIpc) is 1.00. The molecule has 4 heteroatoms. The van der Waals surface area contributed by atoms with Gasteiger partial charge in [0.05, 0.1) is 0 Å². The fraction of sp³-hybridized carbons (Fsp3) is 0. The maximum atomic E-state index is 3.67. The Morgan fingerprint density at radius 3 is 1.00 bits per heavy atom. The van der Waals surface area contributed by atoms with Gasteiger partial charge in [-0.2, -0.15) is 9.90 Å². The van der Waals surface area contributed by atoms with Crippen LogP contribution in [0, 0.1) is 0 Å². The summed E-state index contributed by atoms with van der Waals surface area (Å²) in [5.41, 5.74) is 0. The molecular formula is H7GePS2. The van der Waals surface area contributed by atoms with Gasteiger partial charge in [-0.15, -0.1) is 0 Å². The van der Waals surface area contributed by atoms with E-state index in [1.165, 1.54) is 0 Å². The molecule has 0 N–H and O–H groups in total. The van der Waals surface area contributed by atoms with Crippen molar-refractivity contribution in [3.05, 3.63) is 0 Å². The molecule has 0 bridgehead atoms. The first kappa shape index (κ1) is 18.1. The quantitative estimate of drug-likeness (QED) is 0.328. The van der Waals surface area contributed by atoms with Crippen LogP contribution in [-0.4, -0.2) is 17.6 Å². The van der Waals surface area contributed by atoms with Gasteiger partial charge >= 0.3 is 17.6 Å². The van der Waals surface area contributed by atoms with Crippen molar-refractivity contribution in [3.63, 3.8) is 0 Å². The van der Waals surface area contributed by atoms with E-state index in [0.717, 1.165) is 0 Å². The first-order valence-corrected chi connectivity index (χ1v) is 1.50. The van der Waals surface area contributed by atoms with E-state index in [4.69, 9.17) is 0 Å². The molecule has 0 rings (SSSR count). The van der Waals surface area contributed by atoms with E-state index >= 15 is 0 Å². The molecule has 0 aromatic rings. The second-order valence-corrected chi connectivity index (χ2v) is 0. The van der Waals surface area contributed by atoms with Crippen LogP contribution >= 0.6 is 9.90 Å². The Balaban J connectivity index is -0.00000000500. The van der Waals surface area contributed by atoms with Crippen molar-refractivity contribution in [1.29, 1.82) is 0 Å². The molecule has 1 unspecified atom stereocenters. The molecule has 0 aliphatic rings. The van der Waals surface area contributed by atoms with Gasteiger partial charge in [0.2, 0.25) is 0 Å². The monoisotopic (exact) mass is 176 g/mol. The zero-order valence-electron chi connectivity index (χ0n) is 1.52. The van der Waals surface area contributed by atoms with Gasteiger partial charge in [0.15, 0.2) is 0 Å². The summed E-state index contributed by atoms with van der Waals surface area (Å²) in [5.74, 6) is 0. The summed E-state index contributed by atoms with van der Waals surface area (Å²) in [4.78, 5) is 0. The third-order valence-corrected chi connectivity index (χ3v) is 0. The number of hydrogen-bond donors (Lipinski definition) is 0. The fourth-order valence-electron chi connectivity index (χ4n) is 0. The first-order valence-electron chi connectivity index (χ1n) is 0.167. The molecule has 0 aromatic carbocycles. The molecule has 0 aliphatic heterocycles. The van der Waals surface area contributed by atoms with Gasteiger partial charge in [0.25, 0.3) is 0 Å². The van der Waals surface area contributed by atoms with Gasteiger partial charge in [0.1, 0.15) is 0 Å². The third-order valence-electron chi connectivity index (χ3n) is 0. The zero-order valence-corrected chi connectivity index (χ0v) is 4.57. The molecule has 0 aromatic heterocycles. The van der Waals surface area contributed by atoms with Gasteiger partial charge in [-0.05, 0) is 0 Å². The summed E-state index contributed by atoms with van der Waals surface area (Å²) in [6.45, 7) is 0. The molecule has 0 saturated heterocycles. The van der Waals surface area contributed by atoms with Crippen LogP contribution < -0.4 is 0 Å². The Morgan fingerprint density at radius 2 is 1.00 bits per heavy atom. The van der Waals surface area contributed by atoms with Crippen molar-refractivity contribution < 1.29 is 0 Å². The minimum atomic E-state index is 0. The van der Waals surface area contributed by atoms with E-state index in [1.807, 2.05) is 0 Å². The third kappa shape index (κ3) is 9.95. The van der Waals surface area contributed by atoms with E-state index in [2.05, 4.69) is 22.4 Å². The Labute approximate surface area is 50.0 Å². The van der Waals surface area contributed by atoms with E-state index < -0.39 is 0 Å². The summed E-state index contributed by atoms with van der Waals surface area (Å²) in [5, 5.41) is 0. The molecule has 0 heterocycles. The Hall–Kier alpha value is 1.41. The van der Waals surface area contributed by atoms with Gasteiger partial charge in [-0.1, -0.05) is 0 Å². The van der Waals surface area contributed by atoms with Crippen LogP contribution in [0.1, 0.15) is 0 Å². The molecule has 0 saturated carbocycles. The summed E-state index contributed by atoms with van der Waals surface area (Å²) < 4.78 is 0. The van der Waals surface area contributed by atoms with Crippen molar-refractivity contribution >= 4 is 49.9 Å². The SMILES string of the molecule is P.S=S.[GeH4]. The van der Waals surface area contributed by atoms with Crippen molar-refractivity contribution in [1.82, 2.24) is 0 Å². The van der Waals surface area contributed by atoms with Gasteiger partial charge in [0, 0.05) is 22.4 Å². The maximum absolute atomic E-state index is 3.67. The van der Waals surface area contributed by atoms with Crippen molar-refractivity contribution in [2.75, 3.05) is 0 Å². The Morgan fingerprint density at radius 1 is 1.00 bits per heavy atom. The van der Waals surface area contributed by atoms with Crippen LogP contribution in [0.2, 0.25) is 0 Å². The van der Waals surface area contributed by atoms with E-state index in [9.17, 15) is 0 Å².